The van der Waals surface area contributed by atoms with Gasteiger partial charge in [0.05, 0.1) is 12.2 Å². The highest BCUT2D eigenvalue weighted by Crippen LogP contribution is 2.43. The van der Waals surface area contributed by atoms with Gasteiger partial charge in [0.25, 0.3) is 0 Å². The molecule has 2 fully saturated rings. The fourth-order valence-corrected chi connectivity index (χ4v) is 2.92. The molecule has 3 nitrogen and oxygen atoms in total. The van der Waals surface area contributed by atoms with Gasteiger partial charge in [0.2, 0.25) is 0 Å². The molecule has 2 aliphatic heterocycles. The Kier molecular flexibility index (Phi) is 2.66. The zero-order chi connectivity index (χ0) is 10.2. The third-order valence-electron chi connectivity index (χ3n) is 3.22. The molecule has 0 amide bonds. The standard InChI is InChI=1S/C10H18O3Si/c1-10(13-9(11)4-5-14)6-7-2-3-8(10)12-7/h7-8H,2-6H2,1,14H3. The van der Waals surface area contributed by atoms with Crippen LogP contribution in [0.25, 0.3) is 0 Å². The van der Waals surface area contributed by atoms with Crippen LogP contribution in [0.1, 0.15) is 32.6 Å². The van der Waals surface area contributed by atoms with Gasteiger partial charge < -0.3 is 9.47 Å². The fourth-order valence-electron chi connectivity index (χ4n) is 2.51. The van der Waals surface area contributed by atoms with Crippen LogP contribution in [0.2, 0.25) is 6.04 Å². The van der Waals surface area contributed by atoms with E-state index in [-0.39, 0.29) is 17.7 Å². The van der Waals surface area contributed by atoms with Crippen molar-refractivity contribution in [1.29, 1.82) is 0 Å². The Hall–Kier alpha value is -0.353. The Bertz CT molecular complexity index is 244. The predicted octanol–water partition coefficient (Wildman–Crippen LogP) is 0.413. The maximum Gasteiger partial charge on any atom is 0.306 e. The van der Waals surface area contributed by atoms with Crippen LogP contribution in [0.3, 0.4) is 0 Å². The topological polar surface area (TPSA) is 35.5 Å². The minimum absolute atomic E-state index is 0.0429. The van der Waals surface area contributed by atoms with Gasteiger partial charge in [-0.1, -0.05) is 6.04 Å². The van der Waals surface area contributed by atoms with E-state index in [0.717, 1.165) is 35.5 Å². The molecule has 80 valence electrons. The Morgan fingerprint density at radius 2 is 2.43 bits per heavy atom. The van der Waals surface area contributed by atoms with Gasteiger partial charge in [-0.3, -0.25) is 4.79 Å². The molecule has 4 heteroatoms. The maximum absolute atomic E-state index is 11.4. The molecule has 0 aromatic rings. The van der Waals surface area contributed by atoms with Crippen molar-refractivity contribution in [3.05, 3.63) is 0 Å². The summed E-state index contributed by atoms with van der Waals surface area (Å²) in [6.45, 7) is 2.02. The number of carbonyl (C=O) groups is 1. The van der Waals surface area contributed by atoms with Crippen molar-refractivity contribution in [2.45, 2.75) is 56.5 Å². The van der Waals surface area contributed by atoms with Crippen LogP contribution in [-0.2, 0) is 14.3 Å². The first-order valence-corrected chi connectivity index (χ1v) is 6.93. The molecule has 2 bridgehead atoms. The van der Waals surface area contributed by atoms with E-state index in [9.17, 15) is 4.79 Å². The average Bonchev–Trinajstić information content (AvgIpc) is 2.62. The lowest BCUT2D eigenvalue weighted by Crippen LogP contribution is -2.41. The SMILES string of the molecule is CC1(OC(=O)CC[SiH3])CC2CCC1O2. The summed E-state index contributed by atoms with van der Waals surface area (Å²) in [5, 5.41) is 0. The first kappa shape index (κ1) is 10.2. The number of esters is 1. The molecule has 0 radical (unpaired) electrons. The molecule has 2 aliphatic rings. The van der Waals surface area contributed by atoms with Crippen LogP contribution < -0.4 is 0 Å². The number of carbonyl (C=O) groups excluding carboxylic acids is 1. The lowest BCUT2D eigenvalue weighted by Gasteiger charge is -2.30. The Labute approximate surface area is 87.6 Å². The summed E-state index contributed by atoms with van der Waals surface area (Å²) in [6, 6.07) is 0.990. The third-order valence-corrected chi connectivity index (χ3v) is 3.72. The molecule has 0 aliphatic carbocycles. The second-order valence-corrected chi connectivity index (χ2v) is 5.56. The number of rotatable bonds is 3. The summed E-state index contributed by atoms with van der Waals surface area (Å²) in [6.07, 6.45) is 4.16. The molecule has 2 saturated heterocycles. The highest BCUT2D eigenvalue weighted by Gasteiger charge is 2.51. The van der Waals surface area contributed by atoms with Crippen LogP contribution in [0, 0.1) is 0 Å². The van der Waals surface area contributed by atoms with Gasteiger partial charge in [-0.2, -0.15) is 0 Å². The van der Waals surface area contributed by atoms with E-state index in [2.05, 4.69) is 0 Å². The summed E-state index contributed by atoms with van der Waals surface area (Å²) in [4.78, 5) is 11.4. The van der Waals surface area contributed by atoms with E-state index in [1.165, 1.54) is 0 Å². The lowest BCUT2D eigenvalue weighted by atomic mass is 9.86. The molecular formula is C10H18O3Si. The lowest BCUT2D eigenvalue weighted by molar-refractivity contribution is -0.162. The fraction of sp³-hybridized carbons (Fsp3) is 0.900. The van der Waals surface area contributed by atoms with Crippen molar-refractivity contribution < 1.29 is 14.3 Å². The Balaban J connectivity index is 1.93. The zero-order valence-corrected chi connectivity index (χ0v) is 10.9. The van der Waals surface area contributed by atoms with Crippen molar-refractivity contribution in [3.63, 3.8) is 0 Å². The smallest absolute Gasteiger partial charge is 0.306 e. The molecule has 0 spiro atoms. The molecule has 3 atom stereocenters. The molecular weight excluding hydrogens is 196 g/mol. The quantitative estimate of drug-likeness (QED) is 0.504. The van der Waals surface area contributed by atoms with Gasteiger partial charge in [0, 0.05) is 23.1 Å². The van der Waals surface area contributed by atoms with Crippen molar-refractivity contribution in [1.82, 2.24) is 0 Å². The molecule has 0 N–H and O–H groups in total. The molecule has 0 aromatic carbocycles. The van der Waals surface area contributed by atoms with Crippen LogP contribution in [0.4, 0.5) is 0 Å². The van der Waals surface area contributed by atoms with Crippen LogP contribution in [-0.4, -0.2) is 34.0 Å². The molecule has 2 heterocycles. The van der Waals surface area contributed by atoms with E-state index >= 15 is 0 Å². The largest absolute Gasteiger partial charge is 0.456 e. The first-order valence-electron chi connectivity index (χ1n) is 5.51. The molecule has 0 saturated carbocycles. The van der Waals surface area contributed by atoms with E-state index < -0.39 is 0 Å². The predicted molar refractivity (Wildman–Crippen MR) is 56.4 cm³/mol. The van der Waals surface area contributed by atoms with Gasteiger partial charge in [-0.25, -0.2) is 0 Å². The second kappa shape index (κ2) is 3.66. The number of fused-ring (bicyclic) bond motifs is 2. The minimum atomic E-state index is -0.323. The number of hydrogen-bond acceptors (Lipinski definition) is 3. The Morgan fingerprint density at radius 3 is 2.93 bits per heavy atom. The highest BCUT2D eigenvalue weighted by molar-refractivity contribution is 6.09. The van der Waals surface area contributed by atoms with Gasteiger partial charge in [0.1, 0.15) is 5.60 Å². The van der Waals surface area contributed by atoms with Gasteiger partial charge >= 0.3 is 5.97 Å². The maximum atomic E-state index is 11.4. The number of hydrogen-bond donors (Lipinski definition) is 0. The van der Waals surface area contributed by atoms with Crippen LogP contribution in [0.5, 0.6) is 0 Å². The Morgan fingerprint density at radius 1 is 1.64 bits per heavy atom. The average molecular weight is 214 g/mol. The summed E-state index contributed by atoms with van der Waals surface area (Å²) < 4.78 is 11.2. The highest BCUT2D eigenvalue weighted by atomic mass is 28.1. The van der Waals surface area contributed by atoms with Crippen molar-refractivity contribution in [2.24, 2.45) is 0 Å². The van der Waals surface area contributed by atoms with Gasteiger partial charge in [-0.15, -0.1) is 0 Å². The van der Waals surface area contributed by atoms with Crippen molar-refractivity contribution in [2.75, 3.05) is 0 Å². The van der Waals surface area contributed by atoms with Gasteiger partial charge in [-0.05, 0) is 19.8 Å². The number of ether oxygens (including phenoxy) is 2. The molecule has 2 rings (SSSR count). The summed E-state index contributed by atoms with van der Waals surface area (Å²) in [7, 11) is 1.07. The minimum Gasteiger partial charge on any atom is -0.456 e. The van der Waals surface area contributed by atoms with E-state index in [4.69, 9.17) is 9.47 Å². The second-order valence-electron chi connectivity index (χ2n) is 4.56. The van der Waals surface area contributed by atoms with Crippen molar-refractivity contribution >= 4 is 16.2 Å². The monoisotopic (exact) mass is 214 g/mol. The zero-order valence-electron chi connectivity index (χ0n) is 8.91. The first-order chi connectivity index (χ1) is 6.64. The molecule has 0 aromatic heterocycles. The normalized spacial score (nSPS) is 40.4. The van der Waals surface area contributed by atoms with Crippen molar-refractivity contribution in [3.8, 4) is 0 Å². The summed E-state index contributed by atoms with van der Waals surface area (Å²) in [5.74, 6) is -0.0429. The van der Waals surface area contributed by atoms with E-state index in [0.29, 0.717) is 12.5 Å². The molecule has 14 heavy (non-hydrogen) atoms. The van der Waals surface area contributed by atoms with Crippen LogP contribution >= 0.6 is 0 Å². The summed E-state index contributed by atoms with van der Waals surface area (Å²) >= 11 is 0. The van der Waals surface area contributed by atoms with E-state index in [1.54, 1.807) is 0 Å². The molecule has 3 unspecified atom stereocenters. The summed E-state index contributed by atoms with van der Waals surface area (Å²) in [5.41, 5.74) is -0.323. The van der Waals surface area contributed by atoms with E-state index in [1.807, 2.05) is 6.92 Å². The third kappa shape index (κ3) is 1.73. The van der Waals surface area contributed by atoms with Crippen LogP contribution in [0.15, 0.2) is 0 Å². The van der Waals surface area contributed by atoms with Gasteiger partial charge in [0.15, 0.2) is 0 Å².